The predicted molar refractivity (Wildman–Crippen MR) is 93.6 cm³/mol. The molecule has 26 heavy (non-hydrogen) atoms. The van der Waals surface area contributed by atoms with E-state index < -0.39 is 11.8 Å². The van der Waals surface area contributed by atoms with E-state index in [4.69, 9.17) is 9.84 Å². The number of carboxylic acids is 1. The first kappa shape index (κ1) is 17.5. The second-order valence-corrected chi connectivity index (χ2v) is 5.82. The predicted octanol–water partition coefficient (Wildman–Crippen LogP) is 3.38. The summed E-state index contributed by atoms with van der Waals surface area (Å²) in [6.07, 6.45) is 1.91. The molecule has 0 bridgehead atoms. The number of rotatable bonds is 5. The summed E-state index contributed by atoms with van der Waals surface area (Å²) >= 11 is 0. The molecule has 0 spiro atoms. The van der Waals surface area contributed by atoms with Gasteiger partial charge in [-0.2, -0.15) is 0 Å². The average molecular weight is 353 g/mol. The molecule has 1 N–H and O–H groups in total. The first-order valence-corrected chi connectivity index (χ1v) is 7.93. The Bertz CT molecular complexity index is 1000. The highest BCUT2D eigenvalue weighted by Gasteiger charge is 2.14. The number of fused-ring (bicyclic) bond motifs is 1. The van der Waals surface area contributed by atoms with Crippen molar-refractivity contribution in [3.05, 3.63) is 76.9 Å². The number of aromatic carboxylic acids is 1. The second kappa shape index (κ2) is 7.31. The van der Waals surface area contributed by atoms with Crippen LogP contribution in [-0.4, -0.2) is 29.1 Å². The number of aromatic nitrogens is 1. The Morgan fingerprint density at radius 3 is 2.50 bits per heavy atom. The molecule has 0 radical (unpaired) electrons. The van der Waals surface area contributed by atoms with Gasteiger partial charge in [-0.25, -0.2) is 9.18 Å². The Balaban J connectivity index is 2.00. The van der Waals surface area contributed by atoms with Crippen molar-refractivity contribution in [3.63, 3.8) is 0 Å². The van der Waals surface area contributed by atoms with Crippen LogP contribution in [0, 0.1) is 5.82 Å². The van der Waals surface area contributed by atoms with E-state index in [-0.39, 0.29) is 24.4 Å². The fraction of sp³-hybridized carbons (Fsp3) is 0.150. The molecule has 0 aliphatic heterocycles. The van der Waals surface area contributed by atoms with E-state index in [1.807, 2.05) is 24.3 Å². The lowest BCUT2D eigenvalue weighted by atomic mass is 9.99. The van der Waals surface area contributed by atoms with Gasteiger partial charge in [0.2, 0.25) is 0 Å². The van der Waals surface area contributed by atoms with Gasteiger partial charge < -0.3 is 9.84 Å². The first-order valence-electron chi connectivity index (χ1n) is 7.93. The number of methoxy groups -OCH3 is 1. The Morgan fingerprint density at radius 2 is 1.85 bits per heavy atom. The van der Waals surface area contributed by atoms with Gasteiger partial charge in [-0.1, -0.05) is 30.3 Å². The third kappa shape index (κ3) is 3.54. The van der Waals surface area contributed by atoms with E-state index in [0.29, 0.717) is 11.3 Å². The molecule has 6 heteroatoms. The smallest absolute Gasteiger partial charge is 0.335 e. The van der Waals surface area contributed by atoms with Crippen LogP contribution in [0.25, 0.3) is 10.8 Å². The molecule has 0 aliphatic rings. The van der Waals surface area contributed by atoms with Crippen LogP contribution in [0.5, 0.6) is 0 Å². The molecule has 132 valence electrons. The number of pyridine rings is 1. The molecular formula is C20H16FNO4. The van der Waals surface area contributed by atoms with E-state index in [2.05, 4.69) is 4.98 Å². The van der Waals surface area contributed by atoms with Crippen LogP contribution in [0.3, 0.4) is 0 Å². The summed E-state index contributed by atoms with van der Waals surface area (Å²) in [6, 6.07) is 11.3. The minimum Gasteiger partial charge on any atom is -0.478 e. The van der Waals surface area contributed by atoms with E-state index >= 15 is 0 Å². The van der Waals surface area contributed by atoms with Crippen molar-refractivity contribution in [1.82, 2.24) is 4.98 Å². The normalized spacial score (nSPS) is 10.7. The molecule has 0 unspecified atom stereocenters. The van der Waals surface area contributed by atoms with Gasteiger partial charge in [0.15, 0.2) is 0 Å². The van der Waals surface area contributed by atoms with Crippen LogP contribution in [-0.2, 0) is 22.4 Å². The van der Waals surface area contributed by atoms with Gasteiger partial charge in [0.05, 0.1) is 24.8 Å². The van der Waals surface area contributed by atoms with Crippen LogP contribution in [0.15, 0.2) is 48.7 Å². The van der Waals surface area contributed by atoms with Crippen molar-refractivity contribution >= 4 is 22.7 Å². The molecule has 3 aromatic rings. The summed E-state index contributed by atoms with van der Waals surface area (Å²) in [5.41, 5.74) is 1.64. The van der Waals surface area contributed by atoms with Gasteiger partial charge in [0, 0.05) is 18.0 Å². The minimum atomic E-state index is -1.17. The number of benzene rings is 2. The molecule has 0 saturated heterocycles. The molecule has 0 aliphatic carbocycles. The quantitative estimate of drug-likeness (QED) is 0.712. The van der Waals surface area contributed by atoms with Crippen molar-refractivity contribution < 1.29 is 23.8 Å². The average Bonchev–Trinajstić information content (AvgIpc) is 2.64. The summed E-state index contributed by atoms with van der Waals surface area (Å²) in [6.45, 7) is 0. The Morgan fingerprint density at radius 1 is 1.12 bits per heavy atom. The molecule has 2 aromatic carbocycles. The summed E-state index contributed by atoms with van der Waals surface area (Å²) < 4.78 is 19.0. The van der Waals surface area contributed by atoms with E-state index in [1.165, 1.54) is 19.2 Å². The Kier molecular flexibility index (Phi) is 4.93. The van der Waals surface area contributed by atoms with Crippen LogP contribution < -0.4 is 0 Å². The molecule has 0 fully saturated rings. The van der Waals surface area contributed by atoms with Crippen LogP contribution in [0.1, 0.15) is 27.2 Å². The fourth-order valence-electron chi connectivity index (χ4n) is 2.82. The first-order chi connectivity index (χ1) is 12.5. The summed E-state index contributed by atoms with van der Waals surface area (Å²) in [5, 5.41) is 10.6. The van der Waals surface area contributed by atoms with Crippen LogP contribution in [0.4, 0.5) is 4.39 Å². The van der Waals surface area contributed by atoms with Crippen LogP contribution in [0.2, 0.25) is 0 Å². The lowest BCUT2D eigenvalue weighted by molar-refractivity contribution is -0.139. The molecule has 0 atom stereocenters. The van der Waals surface area contributed by atoms with E-state index in [9.17, 15) is 14.0 Å². The topological polar surface area (TPSA) is 76.5 Å². The number of carboxylic acid groups (broad SMARTS) is 1. The Hall–Kier alpha value is -3.28. The van der Waals surface area contributed by atoms with Gasteiger partial charge in [-0.3, -0.25) is 9.78 Å². The number of esters is 1. The number of halogens is 1. The standard InChI is InChI=1S/C20H16FNO4/c1-26-19(23)10-14-11-22-18(16-5-3-2-4-15(14)16)9-12-6-7-13(20(24)25)8-17(12)21/h2-8,11H,9-10H2,1H3,(H,24,25). The molecule has 1 heterocycles. The maximum Gasteiger partial charge on any atom is 0.335 e. The lowest BCUT2D eigenvalue weighted by Crippen LogP contribution is -2.07. The third-order valence-corrected chi connectivity index (χ3v) is 4.18. The molecule has 0 saturated carbocycles. The van der Waals surface area contributed by atoms with Crippen molar-refractivity contribution in [2.24, 2.45) is 0 Å². The maximum atomic E-state index is 14.2. The van der Waals surface area contributed by atoms with E-state index in [1.54, 1.807) is 6.20 Å². The molecule has 0 amide bonds. The minimum absolute atomic E-state index is 0.0995. The number of ether oxygens (including phenoxy) is 1. The number of hydrogen-bond donors (Lipinski definition) is 1. The van der Waals surface area contributed by atoms with Crippen molar-refractivity contribution in [2.45, 2.75) is 12.8 Å². The highest BCUT2D eigenvalue weighted by molar-refractivity contribution is 5.90. The number of carbonyl (C=O) groups excluding carboxylic acids is 1. The number of nitrogens with zero attached hydrogens (tertiary/aromatic N) is 1. The van der Waals surface area contributed by atoms with Gasteiger partial charge in [-0.05, 0) is 28.6 Å². The number of hydrogen-bond acceptors (Lipinski definition) is 4. The van der Waals surface area contributed by atoms with Crippen molar-refractivity contribution in [1.29, 1.82) is 0 Å². The van der Waals surface area contributed by atoms with Gasteiger partial charge >= 0.3 is 11.9 Å². The number of carbonyl (C=O) groups is 2. The molecule has 3 rings (SSSR count). The third-order valence-electron chi connectivity index (χ3n) is 4.18. The SMILES string of the molecule is COC(=O)Cc1cnc(Cc2ccc(C(=O)O)cc2F)c2ccccc12. The summed E-state index contributed by atoms with van der Waals surface area (Å²) in [4.78, 5) is 26.9. The zero-order chi connectivity index (χ0) is 18.7. The summed E-state index contributed by atoms with van der Waals surface area (Å²) in [5.74, 6) is -2.12. The monoisotopic (exact) mass is 353 g/mol. The van der Waals surface area contributed by atoms with Crippen molar-refractivity contribution in [3.8, 4) is 0 Å². The highest BCUT2D eigenvalue weighted by atomic mass is 19.1. The zero-order valence-corrected chi connectivity index (χ0v) is 14.0. The van der Waals surface area contributed by atoms with Gasteiger partial charge in [-0.15, -0.1) is 0 Å². The zero-order valence-electron chi connectivity index (χ0n) is 14.0. The Labute approximate surface area is 149 Å². The van der Waals surface area contributed by atoms with Crippen molar-refractivity contribution in [2.75, 3.05) is 7.11 Å². The highest BCUT2D eigenvalue weighted by Crippen LogP contribution is 2.24. The lowest BCUT2D eigenvalue weighted by Gasteiger charge is -2.11. The molecular weight excluding hydrogens is 337 g/mol. The van der Waals surface area contributed by atoms with Crippen LogP contribution >= 0.6 is 0 Å². The fourth-order valence-corrected chi connectivity index (χ4v) is 2.82. The molecule has 5 nitrogen and oxygen atoms in total. The van der Waals surface area contributed by atoms with Gasteiger partial charge in [0.25, 0.3) is 0 Å². The maximum absolute atomic E-state index is 14.2. The second-order valence-electron chi connectivity index (χ2n) is 5.82. The molecule has 1 aromatic heterocycles. The van der Waals surface area contributed by atoms with Gasteiger partial charge in [0.1, 0.15) is 5.82 Å². The summed E-state index contributed by atoms with van der Waals surface area (Å²) in [7, 11) is 1.33. The van der Waals surface area contributed by atoms with E-state index in [0.717, 1.165) is 22.4 Å². The largest absolute Gasteiger partial charge is 0.478 e.